The van der Waals surface area contributed by atoms with Crippen molar-refractivity contribution < 1.29 is 9.66 Å². The second-order valence-electron chi connectivity index (χ2n) is 3.30. The van der Waals surface area contributed by atoms with Crippen LogP contribution in [0.1, 0.15) is 12.7 Å². The van der Waals surface area contributed by atoms with Crippen LogP contribution in [-0.4, -0.2) is 14.3 Å². The topological polar surface area (TPSA) is 78.2 Å². The average Bonchev–Trinajstić information content (AvgIpc) is 2.79. The molecular formula is C10H8IN3O3S. The molecule has 18 heavy (non-hydrogen) atoms. The Kier molecular flexibility index (Phi) is 4.07. The second-order valence-corrected chi connectivity index (χ2v) is 5.18. The van der Waals surface area contributed by atoms with Gasteiger partial charge >= 0.3 is 0 Å². The zero-order chi connectivity index (χ0) is 13.1. The number of ether oxygens (including phenoxy) is 1. The number of nitro benzene ring substituents is 1. The van der Waals surface area contributed by atoms with Gasteiger partial charge in [0.05, 0.1) is 14.6 Å². The summed E-state index contributed by atoms with van der Waals surface area (Å²) in [5.41, 5.74) is -0.00866. The van der Waals surface area contributed by atoms with Crippen LogP contribution in [0.5, 0.6) is 10.9 Å². The molecule has 0 aliphatic heterocycles. The molecule has 2 aromatic rings. The molecule has 0 saturated carbocycles. The lowest BCUT2D eigenvalue weighted by atomic mass is 10.3. The average molecular weight is 377 g/mol. The summed E-state index contributed by atoms with van der Waals surface area (Å²) in [7, 11) is 0. The van der Waals surface area contributed by atoms with E-state index in [1.165, 1.54) is 12.1 Å². The molecule has 0 spiro atoms. The summed E-state index contributed by atoms with van der Waals surface area (Å²) in [4.78, 5) is 14.4. The van der Waals surface area contributed by atoms with Gasteiger partial charge in [0.2, 0.25) is 0 Å². The summed E-state index contributed by atoms with van der Waals surface area (Å²) in [5.74, 6) is 1.12. The fourth-order valence-electron chi connectivity index (χ4n) is 1.20. The highest BCUT2D eigenvalue weighted by atomic mass is 127. The lowest BCUT2D eigenvalue weighted by Crippen LogP contribution is -1.92. The van der Waals surface area contributed by atoms with Crippen molar-refractivity contribution in [3.63, 3.8) is 0 Å². The van der Waals surface area contributed by atoms with Crippen molar-refractivity contribution in [2.45, 2.75) is 13.3 Å². The number of halogens is 1. The Labute approximate surface area is 120 Å². The summed E-state index contributed by atoms with van der Waals surface area (Å²) in [6, 6.07) is 4.46. The molecule has 6 nitrogen and oxygen atoms in total. The first-order valence-corrected chi connectivity index (χ1v) is 6.89. The van der Waals surface area contributed by atoms with Crippen molar-refractivity contribution in [2.75, 3.05) is 0 Å². The molecule has 0 fully saturated rings. The van der Waals surface area contributed by atoms with E-state index in [4.69, 9.17) is 4.74 Å². The van der Waals surface area contributed by atoms with Crippen molar-refractivity contribution >= 4 is 39.8 Å². The van der Waals surface area contributed by atoms with E-state index in [1.54, 1.807) is 6.07 Å². The highest BCUT2D eigenvalue weighted by Gasteiger charge is 2.13. The lowest BCUT2D eigenvalue weighted by Gasteiger charge is -2.03. The Morgan fingerprint density at radius 3 is 2.94 bits per heavy atom. The van der Waals surface area contributed by atoms with Crippen molar-refractivity contribution in [2.24, 2.45) is 0 Å². The number of benzene rings is 1. The lowest BCUT2D eigenvalue weighted by molar-refractivity contribution is -0.384. The minimum Gasteiger partial charge on any atom is -0.428 e. The Hall–Kier alpha value is -1.29. The smallest absolute Gasteiger partial charge is 0.298 e. The van der Waals surface area contributed by atoms with Gasteiger partial charge in [0.1, 0.15) is 5.82 Å². The van der Waals surface area contributed by atoms with Gasteiger partial charge in [-0.05, 0) is 28.7 Å². The molecule has 8 heteroatoms. The summed E-state index contributed by atoms with van der Waals surface area (Å²) < 4.78 is 10.4. The maximum atomic E-state index is 10.7. The molecule has 0 amide bonds. The van der Waals surface area contributed by atoms with Gasteiger partial charge in [0, 0.05) is 24.0 Å². The van der Waals surface area contributed by atoms with Gasteiger partial charge in [0.15, 0.2) is 5.75 Å². The van der Waals surface area contributed by atoms with E-state index in [2.05, 4.69) is 31.9 Å². The van der Waals surface area contributed by atoms with Gasteiger partial charge in [-0.15, -0.1) is 0 Å². The Balaban J connectivity index is 2.27. The minimum absolute atomic E-state index is 0.00866. The molecule has 1 heterocycles. The van der Waals surface area contributed by atoms with Crippen LogP contribution < -0.4 is 4.74 Å². The van der Waals surface area contributed by atoms with Crippen LogP contribution in [0.3, 0.4) is 0 Å². The van der Waals surface area contributed by atoms with Gasteiger partial charge in [0.25, 0.3) is 10.9 Å². The predicted octanol–water partition coefficient (Wildman–Crippen LogP) is 3.41. The van der Waals surface area contributed by atoms with Crippen molar-refractivity contribution in [3.05, 3.63) is 37.7 Å². The van der Waals surface area contributed by atoms with Crippen LogP contribution in [0.2, 0.25) is 0 Å². The van der Waals surface area contributed by atoms with E-state index in [1.807, 2.05) is 6.92 Å². The molecule has 0 aliphatic rings. The number of aromatic nitrogens is 2. The quantitative estimate of drug-likeness (QED) is 0.464. The number of non-ortho nitro benzene ring substituents is 1. The third kappa shape index (κ3) is 2.93. The highest BCUT2D eigenvalue weighted by molar-refractivity contribution is 14.1. The van der Waals surface area contributed by atoms with Crippen LogP contribution in [0, 0.1) is 13.7 Å². The van der Waals surface area contributed by atoms with E-state index >= 15 is 0 Å². The Morgan fingerprint density at radius 1 is 1.56 bits per heavy atom. The molecule has 0 unspecified atom stereocenters. The fourth-order valence-corrected chi connectivity index (χ4v) is 2.27. The number of nitrogens with zero attached hydrogens (tertiary/aromatic N) is 3. The predicted molar refractivity (Wildman–Crippen MR) is 75.2 cm³/mol. The molecule has 0 saturated heterocycles. The number of hydrogen-bond acceptors (Lipinski definition) is 6. The first-order chi connectivity index (χ1) is 8.60. The minimum atomic E-state index is -0.458. The molecule has 0 atom stereocenters. The molecule has 0 N–H and O–H groups in total. The zero-order valence-corrected chi connectivity index (χ0v) is 12.3. The normalized spacial score (nSPS) is 10.3. The number of hydrogen-bond donors (Lipinski definition) is 0. The van der Waals surface area contributed by atoms with Gasteiger partial charge in [-0.1, -0.05) is 6.92 Å². The third-order valence-corrected chi connectivity index (χ3v) is 3.61. The van der Waals surface area contributed by atoms with E-state index in [9.17, 15) is 10.1 Å². The van der Waals surface area contributed by atoms with Gasteiger partial charge in [-0.25, -0.2) is 0 Å². The van der Waals surface area contributed by atoms with E-state index < -0.39 is 4.92 Å². The monoisotopic (exact) mass is 377 g/mol. The second kappa shape index (κ2) is 5.57. The SMILES string of the molecule is CCc1nsc(Oc2cc([N+](=O)[O-])ccc2I)n1. The number of nitro groups is 1. The Morgan fingerprint density at radius 2 is 2.33 bits per heavy atom. The molecule has 0 radical (unpaired) electrons. The van der Waals surface area contributed by atoms with Crippen molar-refractivity contribution in [3.8, 4) is 10.9 Å². The van der Waals surface area contributed by atoms with Crippen LogP contribution in [0.25, 0.3) is 0 Å². The van der Waals surface area contributed by atoms with Crippen LogP contribution in [0.15, 0.2) is 18.2 Å². The fraction of sp³-hybridized carbons (Fsp3) is 0.200. The molecule has 0 bridgehead atoms. The molecule has 94 valence electrons. The molecule has 0 aliphatic carbocycles. The Bertz CT molecular complexity index is 587. The van der Waals surface area contributed by atoms with Crippen molar-refractivity contribution in [1.29, 1.82) is 0 Å². The highest BCUT2D eigenvalue weighted by Crippen LogP contribution is 2.31. The molecular weight excluding hydrogens is 369 g/mol. The van der Waals surface area contributed by atoms with E-state index in [-0.39, 0.29) is 5.69 Å². The van der Waals surface area contributed by atoms with Gasteiger partial charge in [-0.2, -0.15) is 9.36 Å². The number of rotatable bonds is 4. The van der Waals surface area contributed by atoms with Crippen LogP contribution >= 0.6 is 34.1 Å². The molecule has 2 rings (SSSR count). The van der Waals surface area contributed by atoms with Gasteiger partial charge < -0.3 is 4.74 Å². The van der Waals surface area contributed by atoms with E-state index in [0.29, 0.717) is 16.8 Å². The zero-order valence-electron chi connectivity index (χ0n) is 9.29. The number of aryl methyl sites for hydroxylation is 1. The first-order valence-electron chi connectivity index (χ1n) is 5.04. The van der Waals surface area contributed by atoms with Crippen molar-refractivity contribution in [1.82, 2.24) is 9.36 Å². The third-order valence-electron chi connectivity index (χ3n) is 2.09. The standard InChI is InChI=1S/C10H8IN3O3S/c1-2-9-12-10(18-13-9)17-8-5-6(14(15)16)3-4-7(8)11/h3-5H,2H2,1H3. The summed E-state index contributed by atoms with van der Waals surface area (Å²) in [6.45, 7) is 1.95. The largest absolute Gasteiger partial charge is 0.428 e. The maximum Gasteiger partial charge on any atom is 0.298 e. The first kappa shape index (κ1) is 13.1. The summed E-state index contributed by atoms with van der Waals surface area (Å²) >= 11 is 3.19. The molecule has 1 aromatic carbocycles. The summed E-state index contributed by atoms with van der Waals surface area (Å²) in [5, 5.41) is 11.1. The summed E-state index contributed by atoms with van der Waals surface area (Å²) in [6.07, 6.45) is 0.728. The van der Waals surface area contributed by atoms with Gasteiger partial charge in [-0.3, -0.25) is 10.1 Å². The van der Waals surface area contributed by atoms with Crippen LogP contribution in [0.4, 0.5) is 5.69 Å². The maximum absolute atomic E-state index is 10.7. The van der Waals surface area contributed by atoms with Crippen LogP contribution in [-0.2, 0) is 6.42 Å². The van der Waals surface area contributed by atoms with E-state index in [0.717, 1.165) is 21.5 Å². The molecule has 1 aromatic heterocycles.